The Kier molecular flexibility index (Phi) is 4.32. The van der Waals surface area contributed by atoms with Gasteiger partial charge in [-0.05, 0) is 64.6 Å². The molecule has 1 aromatic rings. The van der Waals surface area contributed by atoms with Crippen LogP contribution in [-0.4, -0.2) is 17.5 Å². The standard InChI is InChI=1S/C15H22BrNS/c1-10-7-11(2)14(12(16)8-10)17-13-9-18-6-5-15(13,3)4/h7-8,13,17H,5-6,9H2,1-4H3. The van der Waals surface area contributed by atoms with Gasteiger partial charge in [0.05, 0.1) is 5.69 Å². The number of benzene rings is 1. The van der Waals surface area contributed by atoms with Gasteiger partial charge in [-0.25, -0.2) is 0 Å². The fourth-order valence-corrected chi connectivity index (χ4v) is 4.84. The molecule has 100 valence electrons. The summed E-state index contributed by atoms with van der Waals surface area (Å²) in [6.45, 7) is 9.08. The van der Waals surface area contributed by atoms with Crippen molar-refractivity contribution in [1.29, 1.82) is 0 Å². The van der Waals surface area contributed by atoms with Gasteiger partial charge in [0.25, 0.3) is 0 Å². The molecule has 18 heavy (non-hydrogen) atoms. The molecule has 1 aromatic carbocycles. The normalized spacial score (nSPS) is 22.8. The van der Waals surface area contributed by atoms with Gasteiger partial charge in [0, 0.05) is 16.3 Å². The van der Waals surface area contributed by atoms with Crippen LogP contribution in [0.4, 0.5) is 5.69 Å². The zero-order chi connectivity index (χ0) is 13.3. The minimum absolute atomic E-state index is 0.377. The lowest BCUT2D eigenvalue weighted by atomic mass is 9.82. The van der Waals surface area contributed by atoms with E-state index >= 15 is 0 Å². The van der Waals surface area contributed by atoms with E-state index in [1.165, 1.54) is 39.2 Å². The highest BCUT2D eigenvalue weighted by Gasteiger charge is 2.33. The summed E-state index contributed by atoms with van der Waals surface area (Å²) in [7, 11) is 0. The SMILES string of the molecule is Cc1cc(C)c(NC2CSCCC2(C)C)c(Br)c1. The van der Waals surface area contributed by atoms with E-state index in [0.29, 0.717) is 11.5 Å². The number of thioether (sulfide) groups is 1. The van der Waals surface area contributed by atoms with Crippen LogP contribution in [0.1, 0.15) is 31.4 Å². The van der Waals surface area contributed by atoms with E-state index in [0.717, 1.165) is 0 Å². The summed E-state index contributed by atoms with van der Waals surface area (Å²) in [5, 5.41) is 3.77. The maximum atomic E-state index is 3.77. The molecule has 1 fully saturated rings. The third-order valence-electron chi connectivity index (χ3n) is 3.87. The average molecular weight is 328 g/mol. The van der Waals surface area contributed by atoms with Crippen molar-refractivity contribution in [3.05, 3.63) is 27.7 Å². The fourth-order valence-electron chi connectivity index (χ4n) is 2.45. The molecule has 1 aliphatic heterocycles. The molecule has 3 heteroatoms. The van der Waals surface area contributed by atoms with Gasteiger partial charge in [-0.1, -0.05) is 19.9 Å². The monoisotopic (exact) mass is 327 g/mol. The second-order valence-corrected chi connectivity index (χ2v) is 7.95. The Morgan fingerprint density at radius 2 is 2.06 bits per heavy atom. The summed E-state index contributed by atoms with van der Waals surface area (Å²) in [6.07, 6.45) is 1.29. The maximum Gasteiger partial charge on any atom is 0.0517 e. The zero-order valence-electron chi connectivity index (χ0n) is 11.6. The Balaban J connectivity index is 2.23. The maximum absolute atomic E-state index is 3.77. The molecule has 0 bridgehead atoms. The van der Waals surface area contributed by atoms with Gasteiger partial charge in [0.2, 0.25) is 0 Å². The quantitative estimate of drug-likeness (QED) is 0.819. The lowest BCUT2D eigenvalue weighted by Crippen LogP contribution is -2.41. The number of halogens is 1. The number of rotatable bonds is 2. The molecule has 1 atom stereocenters. The second kappa shape index (κ2) is 5.46. The largest absolute Gasteiger partial charge is 0.380 e. The molecule has 1 unspecified atom stereocenters. The Bertz CT molecular complexity index is 419. The predicted molar refractivity (Wildman–Crippen MR) is 86.7 cm³/mol. The fraction of sp³-hybridized carbons (Fsp3) is 0.600. The van der Waals surface area contributed by atoms with E-state index in [4.69, 9.17) is 0 Å². The van der Waals surface area contributed by atoms with Gasteiger partial charge >= 0.3 is 0 Å². The van der Waals surface area contributed by atoms with Crippen molar-refractivity contribution in [2.75, 3.05) is 16.8 Å². The van der Waals surface area contributed by atoms with Crippen LogP contribution in [0.2, 0.25) is 0 Å². The minimum atomic E-state index is 0.377. The van der Waals surface area contributed by atoms with Crippen molar-refractivity contribution < 1.29 is 0 Å². The van der Waals surface area contributed by atoms with Crippen LogP contribution in [0.25, 0.3) is 0 Å². The van der Waals surface area contributed by atoms with Crippen LogP contribution in [0.5, 0.6) is 0 Å². The number of aryl methyl sites for hydroxylation is 2. The summed E-state index contributed by atoms with van der Waals surface area (Å²) in [4.78, 5) is 0. The van der Waals surface area contributed by atoms with Crippen molar-refractivity contribution in [3.8, 4) is 0 Å². The number of hydrogen-bond donors (Lipinski definition) is 1. The van der Waals surface area contributed by atoms with Crippen molar-refractivity contribution in [2.45, 2.75) is 40.2 Å². The molecular weight excluding hydrogens is 306 g/mol. The molecule has 1 nitrogen and oxygen atoms in total. The third-order valence-corrected chi connectivity index (χ3v) is 5.56. The van der Waals surface area contributed by atoms with Gasteiger partial charge in [-0.2, -0.15) is 11.8 Å². The van der Waals surface area contributed by atoms with E-state index in [2.05, 4.69) is 72.8 Å². The number of hydrogen-bond acceptors (Lipinski definition) is 2. The van der Waals surface area contributed by atoms with Crippen molar-refractivity contribution >= 4 is 33.4 Å². The lowest BCUT2D eigenvalue weighted by Gasteiger charge is -2.39. The Morgan fingerprint density at radius 3 is 2.67 bits per heavy atom. The number of anilines is 1. The summed E-state index contributed by atoms with van der Waals surface area (Å²) in [5.74, 6) is 2.49. The van der Waals surface area contributed by atoms with Crippen LogP contribution >= 0.6 is 27.7 Å². The Labute approximate surface area is 123 Å². The molecule has 1 aliphatic rings. The van der Waals surface area contributed by atoms with Crippen LogP contribution < -0.4 is 5.32 Å². The molecule has 1 saturated heterocycles. The first-order chi connectivity index (χ1) is 8.40. The third kappa shape index (κ3) is 3.05. The van der Waals surface area contributed by atoms with E-state index < -0.39 is 0 Å². The molecule has 2 rings (SSSR count). The van der Waals surface area contributed by atoms with Crippen molar-refractivity contribution in [3.63, 3.8) is 0 Å². The highest BCUT2D eigenvalue weighted by molar-refractivity contribution is 9.10. The van der Waals surface area contributed by atoms with Crippen LogP contribution in [0.15, 0.2) is 16.6 Å². The second-order valence-electron chi connectivity index (χ2n) is 5.95. The Morgan fingerprint density at radius 1 is 1.33 bits per heavy atom. The topological polar surface area (TPSA) is 12.0 Å². The van der Waals surface area contributed by atoms with Gasteiger partial charge < -0.3 is 5.32 Å². The molecule has 0 saturated carbocycles. The van der Waals surface area contributed by atoms with Gasteiger partial charge in [-0.15, -0.1) is 0 Å². The summed E-state index contributed by atoms with van der Waals surface area (Å²) >= 11 is 5.75. The van der Waals surface area contributed by atoms with Gasteiger partial charge in [0.1, 0.15) is 0 Å². The van der Waals surface area contributed by atoms with Crippen LogP contribution in [0, 0.1) is 19.3 Å². The molecule has 1 N–H and O–H groups in total. The molecular formula is C15H22BrNS. The van der Waals surface area contributed by atoms with Crippen molar-refractivity contribution in [1.82, 2.24) is 0 Å². The van der Waals surface area contributed by atoms with Crippen LogP contribution in [0.3, 0.4) is 0 Å². The molecule has 0 aromatic heterocycles. The average Bonchev–Trinajstić information content (AvgIpc) is 2.24. The van der Waals surface area contributed by atoms with Gasteiger partial charge in [-0.3, -0.25) is 0 Å². The van der Waals surface area contributed by atoms with E-state index in [1.807, 2.05) is 0 Å². The van der Waals surface area contributed by atoms with E-state index in [9.17, 15) is 0 Å². The highest BCUT2D eigenvalue weighted by Crippen LogP contribution is 2.38. The first-order valence-electron chi connectivity index (χ1n) is 6.51. The number of nitrogens with one attached hydrogen (secondary N) is 1. The molecule has 0 amide bonds. The smallest absolute Gasteiger partial charge is 0.0517 e. The van der Waals surface area contributed by atoms with Gasteiger partial charge in [0.15, 0.2) is 0 Å². The Hall–Kier alpha value is -0.150. The van der Waals surface area contributed by atoms with Crippen LogP contribution in [-0.2, 0) is 0 Å². The van der Waals surface area contributed by atoms with E-state index in [-0.39, 0.29) is 0 Å². The molecule has 0 radical (unpaired) electrons. The molecule has 0 aliphatic carbocycles. The summed E-state index contributed by atoms with van der Waals surface area (Å²) in [6, 6.07) is 4.99. The predicted octanol–water partition coefficient (Wildman–Crippen LogP) is 5.01. The summed E-state index contributed by atoms with van der Waals surface area (Å²) in [5.41, 5.74) is 4.28. The highest BCUT2D eigenvalue weighted by atomic mass is 79.9. The van der Waals surface area contributed by atoms with Crippen molar-refractivity contribution in [2.24, 2.45) is 5.41 Å². The van der Waals surface area contributed by atoms with E-state index in [1.54, 1.807) is 0 Å². The summed E-state index contributed by atoms with van der Waals surface area (Å²) < 4.78 is 1.19. The first kappa shape index (κ1) is 14.3. The lowest BCUT2D eigenvalue weighted by molar-refractivity contribution is 0.305. The minimum Gasteiger partial charge on any atom is -0.380 e. The first-order valence-corrected chi connectivity index (χ1v) is 8.46. The molecule has 0 spiro atoms. The molecule has 1 heterocycles. The zero-order valence-corrected chi connectivity index (χ0v) is 14.0.